The van der Waals surface area contributed by atoms with Crippen molar-refractivity contribution in [1.82, 2.24) is 9.78 Å². The number of nitrogens with one attached hydrogen (secondary N) is 1. The molecule has 0 saturated carbocycles. The van der Waals surface area contributed by atoms with Gasteiger partial charge in [0.15, 0.2) is 0 Å². The number of hydrogen-bond acceptors (Lipinski definition) is 4. The minimum absolute atomic E-state index is 0.168. The molecule has 6 nitrogen and oxygen atoms in total. The topological polar surface area (TPSA) is 73.2 Å². The number of nitrogens with zero attached hydrogens (tertiary/aromatic N) is 2. The van der Waals surface area contributed by atoms with Gasteiger partial charge >= 0.3 is 0 Å². The first-order valence-corrected chi connectivity index (χ1v) is 10.6. The van der Waals surface area contributed by atoms with Gasteiger partial charge in [-0.1, -0.05) is 35.9 Å². The summed E-state index contributed by atoms with van der Waals surface area (Å²) in [6, 6.07) is 14.5. The fourth-order valence-corrected chi connectivity index (χ4v) is 4.02. The molecule has 1 N–H and O–H groups in total. The average Bonchev–Trinajstić information content (AvgIpc) is 2.80. The fourth-order valence-electron chi connectivity index (χ4n) is 4.02. The number of carbonyl (C=O) groups excluding carboxylic acids is 1. The maximum Gasteiger partial charge on any atom is 0.271 e. The van der Waals surface area contributed by atoms with Crippen molar-refractivity contribution in [1.29, 1.82) is 0 Å². The van der Waals surface area contributed by atoms with Crippen molar-refractivity contribution in [2.24, 2.45) is 0 Å². The second-order valence-electron chi connectivity index (χ2n) is 8.03. The van der Waals surface area contributed by atoms with Gasteiger partial charge in [-0.05, 0) is 57.2 Å². The van der Waals surface area contributed by atoms with Gasteiger partial charge in [0.25, 0.3) is 5.56 Å². The number of aromatic nitrogens is 2. The number of fused-ring (bicyclic) bond motifs is 1. The molecule has 160 valence electrons. The molecule has 1 atom stereocenters. The summed E-state index contributed by atoms with van der Waals surface area (Å²) >= 11 is 0. The number of amides is 1. The number of hydrogen-bond donors (Lipinski definition) is 1. The molecule has 31 heavy (non-hydrogen) atoms. The van der Waals surface area contributed by atoms with Crippen molar-refractivity contribution in [3.8, 4) is 17.0 Å². The summed E-state index contributed by atoms with van der Waals surface area (Å²) in [6.07, 6.45) is 3.58. The van der Waals surface area contributed by atoms with Crippen LogP contribution in [0.3, 0.4) is 0 Å². The lowest BCUT2D eigenvalue weighted by Crippen LogP contribution is -2.37. The molecule has 4 rings (SSSR count). The highest BCUT2D eigenvalue weighted by molar-refractivity contribution is 5.93. The molecule has 0 bridgehead atoms. The largest absolute Gasteiger partial charge is 0.497 e. The lowest BCUT2D eigenvalue weighted by atomic mass is 9.89. The maximum atomic E-state index is 13.3. The van der Waals surface area contributed by atoms with Crippen molar-refractivity contribution in [3.63, 3.8) is 0 Å². The first-order valence-electron chi connectivity index (χ1n) is 10.6. The zero-order valence-electron chi connectivity index (χ0n) is 18.1. The number of benzene rings is 2. The first-order chi connectivity index (χ1) is 15.0. The Morgan fingerprint density at radius 2 is 1.81 bits per heavy atom. The normalized spacial score (nSPS) is 13.9. The number of carbonyl (C=O) groups is 1. The molecule has 0 fully saturated rings. The first kappa shape index (κ1) is 20.8. The van der Waals surface area contributed by atoms with E-state index >= 15 is 0 Å². The predicted molar refractivity (Wildman–Crippen MR) is 122 cm³/mol. The average molecular weight is 418 g/mol. The number of anilines is 1. The maximum absolute atomic E-state index is 13.3. The zero-order valence-corrected chi connectivity index (χ0v) is 18.1. The molecule has 2 aromatic carbocycles. The van der Waals surface area contributed by atoms with Crippen LogP contribution in [0.25, 0.3) is 11.3 Å². The molecule has 1 aliphatic carbocycles. The summed E-state index contributed by atoms with van der Waals surface area (Å²) in [5.74, 6) is 0.352. The minimum Gasteiger partial charge on any atom is -0.497 e. The SMILES string of the molecule is COc1cccc(NC(=O)C(C)n2nc(-c3ccc(C)cc3)c3c(c2=O)CCCC3)c1. The van der Waals surface area contributed by atoms with Crippen LogP contribution in [0.5, 0.6) is 5.75 Å². The standard InChI is InChI=1S/C25H27N3O3/c1-16-11-13-18(14-12-16)23-21-9-4-5-10-22(21)25(30)28(27-23)17(2)24(29)26-19-7-6-8-20(15-19)31-3/h6-8,11-15,17H,4-5,9-10H2,1-3H3,(H,26,29). The highest BCUT2D eigenvalue weighted by atomic mass is 16.5. The molecular formula is C25H27N3O3. The van der Waals surface area contributed by atoms with E-state index in [1.54, 1.807) is 32.2 Å². The van der Waals surface area contributed by atoms with Gasteiger partial charge in [0, 0.05) is 22.9 Å². The minimum atomic E-state index is -0.755. The van der Waals surface area contributed by atoms with Crippen molar-refractivity contribution >= 4 is 11.6 Å². The van der Waals surface area contributed by atoms with Gasteiger partial charge in [0.1, 0.15) is 11.8 Å². The Balaban J connectivity index is 1.73. The highest BCUT2D eigenvalue weighted by Gasteiger charge is 2.25. The Hall–Kier alpha value is -3.41. The predicted octanol–water partition coefficient (Wildman–Crippen LogP) is 4.31. The Morgan fingerprint density at radius 1 is 1.10 bits per heavy atom. The van der Waals surface area contributed by atoms with Crippen LogP contribution in [0, 0.1) is 6.92 Å². The Morgan fingerprint density at radius 3 is 2.52 bits per heavy atom. The third-order valence-corrected chi connectivity index (χ3v) is 5.84. The fraction of sp³-hybridized carbons (Fsp3) is 0.320. The number of rotatable bonds is 5. The third-order valence-electron chi connectivity index (χ3n) is 5.84. The van der Waals surface area contributed by atoms with Gasteiger partial charge < -0.3 is 10.1 Å². The Labute approximate surface area is 181 Å². The summed E-state index contributed by atoms with van der Waals surface area (Å²) in [5, 5.41) is 7.57. The van der Waals surface area contributed by atoms with Gasteiger partial charge in [-0.3, -0.25) is 9.59 Å². The van der Waals surface area contributed by atoms with Gasteiger partial charge in [-0.25, -0.2) is 4.68 Å². The van der Waals surface area contributed by atoms with Crippen molar-refractivity contribution in [2.45, 2.75) is 45.6 Å². The monoisotopic (exact) mass is 417 g/mol. The van der Waals surface area contributed by atoms with E-state index in [9.17, 15) is 9.59 Å². The second-order valence-corrected chi connectivity index (χ2v) is 8.03. The molecule has 1 amide bonds. The summed E-state index contributed by atoms with van der Waals surface area (Å²) < 4.78 is 6.56. The molecule has 6 heteroatoms. The van der Waals surface area contributed by atoms with Crippen LogP contribution in [0.1, 0.15) is 42.5 Å². The van der Waals surface area contributed by atoms with Gasteiger partial charge in [-0.2, -0.15) is 5.10 Å². The third kappa shape index (κ3) is 4.24. The van der Waals surface area contributed by atoms with Crippen molar-refractivity contribution in [3.05, 3.63) is 75.6 Å². The molecule has 3 aromatic rings. The van der Waals surface area contributed by atoms with Crippen molar-refractivity contribution < 1.29 is 9.53 Å². The Kier molecular flexibility index (Phi) is 5.89. The molecular weight excluding hydrogens is 390 g/mol. The molecule has 1 unspecified atom stereocenters. The molecule has 0 aliphatic heterocycles. The van der Waals surface area contributed by atoms with Crippen LogP contribution in [0.15, 0.2) is 53.3 Å². The van der Waals surface area contributed by atoms with E-state index in [1.807, 2.05) is 37.3 Å². The molecule has 0 radical (unpaired) electrons. The van der Waals surface area contributed by atoms with E-state index in [0.717, 1.165) is 53.6 Å². The van der Waals surface area contributed by atoms with Crippen molar-refractivity contribution in [2.75, 3.05) is 12.4 Å². The van der Waals surface area contributed by atoms with Gasteiger partial charge in [0.2, 0.25) is 5.91 Å². The van der Waals surface area contributed by atoms with E-state index in [-0.39, 0.29) is 11.5 Å². The highest BCUT2D eigenvalue weighted by Crippen LogP contribution is 2.29. The van der Waals surface area contributed by atoms with Gasteiger partial charge in [0.05, 0.1) is 12.8 Å². The lowest BCUT2D eigenvalue weighted by molar-refractivity contribution is -0.119. The van der Waals surface area contributed by atoms with Crippen LogP contribution >= 0.6 is 0 Å². The summed E-state index contributed by atoms with van der Waals surface area (Å²) in [4.78, 5) is 26.2. The second kappa shape index (κ2) is 8.76. The van der Waals surface area contributed by atoms with E-state index in [1.165, 1.54) is 4.68 Å². The van der Waals surface area contributed by atoms with E-state index in [4.69, 9.17) is 9.84 Å². The van der Waals surface area contributed by atoms with Crippen LogP contribution in [0.4, 0.5) is 5.69 Å². The number of aryl methyl sites for hydroxylation is 1. The Bertz CT molecular complexity index is 1170. The van der Waals surface area contributed by atoms with Crippen LogP contribution in [-0.2, 0) is 17.6 Å². The molecule has 0 spiro atoms. The van der Waals surface area contributed by atoms with E-state index in [0.29, 0.717) is 11.4 Å². The number of ether oxygens (including phenoxy) is 1. The molecule has 0 saturated heterocycles. The summed E-state index contributed by atoms with van der Waals surface area (Å²) in [7, 11) is 1.58. The summed E-state index contributed by atoms with van der Waals surface area (Å²) in [5.41, 5.74) is 5.19. The summed E-state index contributed by atoms with van der Waals surface area (Å²) in [6.45, 7) is 3.75. The van der Waals surface area contributed by atoms with Crippen LogP contribution < -0.4 is 15.6 Å². The van der Waals surface area contributed by atoms with E-state index < -0.39 is 6.04 Å². The van der Waals surface area contributed by atoms with Crippen LogP contribution in [0.2, 0.25) is 0 Å². The van der Waals surface area contributed by atoms with Gasteiger partial charge in [-0.15, -0.1) is 0 Å². The number of methoxy groups -OCH3 is 1. The zero-order chi connectivity index (χ0) is 22.0. The van der Waals surface area contributed by atoms with E-state index in [2.05, 4.69) is 5.32 Å². The molecule has 1 aliphatic rings. The molecule has 1 aromatic heterocycles. The lowest BCUT2D eigenvalue weighted by Gasteiger charge is -2.22. The smallest absolute Gasteiger partial charge is 0.271 e. The van der Waals surface area contributed by atoms with Crippen LogP contribution in [-0.4, -0.2) is 22.8 Å². The quantitative estimate of drug-likeness (QED) is 0.672. The molecule has 1 heterocycles.